The van der Waals surface area contributed by atoms with Gasteiger partial charge in [-0.1, -0.05) is 11.6 Å². The predicted octanol–water partition coefficient (Wildman–Crippen LogP) is 4.12. The lowest BCUT2D eigenvalue weighted by molar-refractivity contribution is 0.0635. The second kappa shape index (κ2) is 5.61. The fourth-order valence-corrected chi connectivity index (χ4v) is 1.83. The highest BCUT2D eigenvalue weighted by atomic mass is 35.5. The molecule has 0 saturated heterocycles. The van der Waals surface area contributed by atoms with Crippen molar-refractivity contribution in [3.05, 3.63) is 27.8 Å². The van der Waals surface area contributed by atoms with Gasteiger partial charge in [0.05, 0.1) is 0 Å². The first-order valence-corrected chi connectivity index (χ1v) is 6.28. The Morgan fingerprint density at radius 2 is 1.89 bits per heavy atom. The van der Waals surface area contributed by atoms with Crippen LogP contribution in [0.15, 0.2) is 6.07 Å². The summed E-state index contributed by atoms with van der Waals surface area (Å²) in [5, 5.41) is 3.03. The average molecular weight is 284 g/mol. The minimum Gasteiger partial charge on any atom is -0.444 e. The third kappa shape index (κ3) is 3.96. The Labute approximate surface area is 118 Å². The number of aldehydes is 1. The molecule has 0 heterocycles. The molecule has 0 unspecified atom stereocenters. The smallest absolute Gasteiger partial charge is 0.412 e. The van der Waals surface area contributed by atoms with E-state index in [1.54, 1.807) is 40.7 Å². The van der Waals surface area contributed by atoms with Crippen molar-refractivity contribution in [2.75, 3.05) is 5.32 Å². The Kier molecular flexibility index (Phi) is 4.58. The van der Waals surface area contributed by atoms with Crippen LogP contribution in [0.4, 0.5) is 10.5 Å². The Balaban J connectivity index is 3.06. The van der Waals surface area contributed by atoms with Crippen molar-refractivity contribution in [3.63, 3.8) is 0 Å². The summed E-state index contributed by atoms with van der Waals surface area (Å²) in [7, 11) is 0. The van der Waals surface area contributed by atoms with E-state index in [0.717, 1.165) is 6.29 Å². The zero-order valence-corrected chi connectivity index (χ0v) is 12.5. The zero-order chi connectivity index (χ0) is 14.8. The molecule has 0 fully saturated rings. The number of carbonyl (C=O) groups is 2. The molecule has 0 atom stereocenters. The number of ether oxygens (including phenoxy) is 1. The molecule has 0 aliphatic carbocycles. The number of rotatable bonds is 2. The second-order valence-electron chi connectivity index (χ2n) is 5.31. The fraction of sp³-hybridized carbons (Fsp3) is 0.429. The number of nitrogens with one attached hydrogen (secondary N) is 1. The van der Waals surface area contributed by atoms with Crippen molar-refractivity contribution in [3.8, 4) is 0 Å². The van der Waals surface area contributed by atoms with Crippen LogP contribution < -0.4 is 5.32 Å². The molecule has 1 N–H and O–H groups in total. The molecule has 104 valence electrons. The van der Waals surface area contributed by atoms with Crippen LogP contribution in [-0.4, -0.2) is 18.0 Å². The second-order valence-corrected chi connectivity index (χ2v) is 5.72. The number of hydrogen-bond donors (Lipinski definition) is 1. The number of carbonyl (C=O) groups excluding carboxylic acids is 2. The van der Waals surface area contributed by atoms with Gasteiger partial charge in [0.2, 0.25) is 0 Å². The molecule has 1 amide bonds. The van der Waals surface area contributed by atoms with E-state index >= 15 is 0 Å². The first-order valence-electron chi connectivity index (χ1n) is 5.90. The minimum atomic E-state index is -0.583. The third-order valence-corrected chi connectivity index (χ3v) is 2.99. The monoisotopic (exact) mass is 283 g/mol. The molecule has 0 bridgehead atoms. The van der Waals surface area contributed by atoms with Crippen LogP contribution in [0.3, 0.4) is 0 Å². The highest BCUT2D eigenvalue weighted by Gasteiger charge is 2.18. The number of hydrogen-bond acceptors (Lipinski definition) is 3. The summed E-state index contributed by atoms with van der Waals surface area (Å²) < 4.78 is 5.16. The van der Waals surface area contributed by atoms with Gasteiger partial charge in [-0.15, -0.1) is 0 Å². The van der Waals surface area contributed by atoms with E-state index in [0.29, 0.717) is 27.4 Å². The van der Waals surface area contributed by atoms with Crippen LogP contribution in [0.2, 0.25) is 5.02 Å². The Morgan fingerprint density at radius 3 is 2.37 bits per heavy atom. The molecular formula is C14H18ClNO3. The van der Waals surface area contributed by atoms with Crippen molar-refractivity contribution in [2.24, 2.45) is 0 Å². The van der Waals surface area contributed by atoms with E-state index in [9.17, 15) is 9.59 Å². The van der Waals surface area contributed by atoms with Crippen LogP contribution in [0.1, 0.15) is 42.3 Å². The summed E-state index contributed by atoms with van der Waals surface area (Å²) in [6, 6.07) is 1.61. The largest absolute Gasteiger partial charge is 0.444 e. The molecule has 1 aromatic rings. The van der Waals surface area contributed by atoms with E-state index in [1.807, 2.05) is 0 Å². The molecule has 0 radical (unpaired) electrons. The topological polar surface area (TPSA) is 55.4 Å². The maximum absolute atomic E-state index is 11.7. The molecular weight excluding hydrogens is 266 g/mol. The summed E-state index contributed by atoms with van der Waals surface area (Å²) in [5.74, 6) is 0. The number of halogens is 1. The molecule has 19 heavy (non-hydrogen) atoms. The molecule has 1 rings (SSSR count). The fourth-order valence-electron chi connectivity index (χ4n) is 1.62. The number of benzene rings is 1. The summed E-state index contributed by atoms with van der Waals surface area (Å²) in [4.78, 5) is 22.8. The zero-order valence-electron chi connectivity index (χ0n) is 11.8. The van der Waals surface area contributed by atoms with E-state index in [2.05, 4.69) is 5.32 Å². The highest BCUT2D eigenvalue weighted by Crippen LogP contribution is 2.28. The quantitative estimate of drug-likeness (QED) is 0.831. The van der Waals surface area contributed by atoms with Gasteiger partial charge in [-0.2, -0.15) is 0 Å². The van der Waals surface area contributed by atoms with E-state index < -0.39 is 11.7 Å². The van der Waals surface area contributed by atoms with Gasteiger partial charge in [0, 0.05) is 16.3 Å². The highest BCUT2D eigenvalue weighted by molar-refractivity contribution is 6.32. The third-order valence-electron chi connectivity index (χ3n) is 2.59. The van der Waals surface area contributed by atoms with Crippen molar-refractivity contribution < 1.29 is 14.3 Å². The molecule has 1 aromatic carbocycles. The standard InChI is InChI=1S/C14H18ClNO3/c1-8-10(7-17)9(2)12(6-11(8)15)16-13(18)19-14(3,4)5/h6-7H,1-5H3,(H,16,18). The van der Waals surface area contributed by atoms with Crippen LogP contribution in [0.25, 0.3) is 0 Å². The molecule has 4 nitrogen and oxygen atoms in total. The van der Waals surface area contributed by atoms with Crippen molar-refractivity contribution in [2.45, 2.75) is 40.2 Å². The molecule has 0 aliphatic heterocycles. The van der Waals surface area contributed by atoms with Crippen LogP contribution in [0.5, 0.6) is 0 Å². The Morgan fingerprint density at radius 1 is 1.32 bits per heavy atom. The molecule has 0 spiro atoms. The van der Waals surface area contributed by atoms with E-state index in [4.69, 9.17) is 16.3 Å². The molecule has 0 aliphatic rings. The van der Waals surface area contributed by atoms with Gasteiger partial charge in [-0.3, -0.25) is 10.1 Å². The molecule has 0 aromatic heterocycles. The van der Waals surface area contributed by atoms with Gasteiger partial charge >= 0.3 is 6.09 Å². The van der Waals surface area contributed by atoms with Crippen molar-refractivity contribution in [1.82, 2.24) is 0 Å². The van der Waals surface area contributed by atoms with Crippen LogP contribution >= 0.6 is 11.6 Å². The van der Waals surface area contributed by atoms with Gasteiger partial charge in [0.25, 0.3) is 0 Å². The lowest BCUT2D eigenvalue weighted by atomic mass is 10.0. The normalized spacial score (nSPS) is 11.1. The summed E-state index contributed by atoms with van der Waals surface area (Å²) >= 11 is 6.04. The first kappa shape index (κ1) is 15.5. The predicted molar refractivity (Wildman–Crippen MR) is 76.2 cm³/mol. The number of amides is 1. The maximum Gasteiger partial charge on any atom is 0.412 e. The van der Waals surface area contributed by atoms with E-state index in [-0.39, 0.29) is 0 Å². The lowest BCUT2D eigenvalue weighted by Gasteiger charge is -2.21. The molecule has 5 heteroatoms. The number of anilines is 1. The van der Waals surface area contributed by atoms with Crippen molar-refractivity contribution >= 4 is 29.7 Å². The summed E-state index contributed by atoms with van der Waals surface area (Å²) in [6.45, 7) is 8.84. The van der Waals surface area contributed by atoms with E-state index in [1.165, 1.54) is 0 Å². The van der Waals surface area contributed by atoms with Gasteiger partial charge in [-0.25, -0.2) is 4.79 Å². The summed E-state index contributed by atoms with van der Waals surface area (Å²) in [5.41, 5.74) is 1.75. The first-order chi connectivity index (χ1) is 8.65. The van der Waals surface area contributed by atoms with Gasteiger partial charge < -0.3 is 4.74 Å². The van der Waals surface area contributed by atoms with Gasteiger partial charge in [0.1, 0.15) is 5.60 Å². The Hall–Kier alpha value is -1.55. The van der Waals surface area contributed by atoms with Gasteiger partial charge in [-0.05, 0) is 51.8 Å². The van der Waals surface area contributed by atoms with Crippen molar-refractivity contribution in [1.29, 1.82) is 0 Å². The van der Waals surface area contributed by atoms with Crippen LogP contribution in [0, 0.1) is 13.8 Å². The Bertz CT molecular complexity index is 518. The van der Waals surface area contributed by atoms with Gasteiger partial charge in [0.15, 0.2) is 6.29 Å². The lowest BCUT2D eigenvalue weighted by Crippen LogP contribution is -2.27. The average Bonchev–Trinajstić information content (AvgIpc) is 2.24. The SMILES string of the molecule is Cc1c(Cl)cc(NC(=O)OC(C)(C)C)c(C)c1C=O. The molecule has 0 saturated carbocycles. The van der Waals surface area contributed by atoms with Crippen LogP contribution in [-0.2, 0) is 4.74 Å². The summed E-state index contributed by atoms with van der Waals surface area (Å²) in [6.07, 6.45) is 0.156. The maximum atomic E-state index is 11.7. The minimum absolute atomic E-state index is 0.429.